The summed E-state index contributed by atoms with van der Waals surface area (Å²) in [6.07, 6.45) is 7.72. The highest BCUT2D eigenvalue weighted by Gasteiger charge is 2.63. The van der Waals surface area contributed by atoms with Crippen LogP contribution in [-0.4, -0.2) is 28.7 Å². The molecule has 36 heavy (non-hydrogen) atoms. The van der Waals surface area contributed by atoms with Crippen LogP contribution in [0.2, 0.25) is 45.8 Å². The normalized spacial score (nSPS) is 30.0. The molecule has 0 N–H and O–H groups in total. The lowest BCUT2D eigenvalue weighted by Gasteiger charge is -2.59. The lowest BCUT2D eigenvalue weighted by atomic mass is 9.50. The molecule has 0 aromatic heterocycles. The summed E-state index contributed by atoms with van der Waals surface area (Å²) >= 11 is 0. The van der Waals surface area contributed by atoms with Crippen LogP contribution >= 0.6 is 0 Å². The largest absolute Gasteiger partial charge is 0.305 e. The van der Waals surface area contributed by atoms with Crippen molar-refractivity contribution >= 4 is 39.1 Å². The third kappa shape index (κ3) is 4.31. The minimum absolute atomic E-state index is 0.0444. The van der Waals surface area contributed by atoms with Crippen LogP contribution in [0.5, 0.6) is 0 Å². The monoisotopic (exact) mass is 530 g/mol. The molecule has 0 amide bonds. The Bertz CT molecular complexity index is 1120. The van der Waals surface area contributed by atoms with E-state index < -0.39 is 23.3 Å². The molecule has 1 nitrogen and oxygen atoms in total. The van der Waals surface area contributed by atoms with Crippen molar-refractivity contribution in [1.29, 1.82) is 0 Å². The average molecular weight is 531 g/mol. The van der Waals surface area contributed by atoms with Gasteiger partial charge in [0.05, 0.1) is 15.7 Å². The molecule has 0 heterocycles. The van der Waals surface area contributed by atoms with Crippen molar-refractivity contribution in [1.82, 2.24) is 0 Å². The van der Waals surface area contributed by atoms with Crippen LogP contribution in [0.1, 0.15) is 49.7 Å². The molecule has 1 unspecified atom stereocenters. The van der Waals surface area contributed by atoms with E-state index in [9.17, 15) is 0 Å². The van der Waals surface area contributed by atoms with Gasteiger partial charge in [0.15, 0.2) is 7.59 Å². The van der Waals surface area contributed by atoms with Crippen molar-refractivity contribution in [2.45, 2.75) is 84.4 Å². The predicted octanol–water partition coefficient (Wildman–Crippen LogP) is 8.83. The van der Waals surface area contributed by atoms with E-state index in [0.717, 1.165) is 23.2 Å². The van der Waals surface area contributed by atoms with Gasteiger partial charge in [-0.2, -0.15) is 0 Å². The molecular formula is C32H46OSi3. The Balaban J connectivity index is 1.81. The first-order chi connectivity index (χ1) is 16.8. The van der Waals surface area contributed by atoms with Gasteiger partial charge in [0, 0.05) is 5.41 Å². The van der Waals surface area contributed by atoms with Crippen molar-refractivity contribution in [2.75, 3.05) is 0 Å². The fraction of sp³-hybridized carbons (Fsp3) is 0.531. The summed E-state index contributed by atoms with van der Waals surface area (Å²) in [5.41, 5.74) is 2.64. The van der Waals surface area contributed by atoms with Gasteiger partial charge in [-0.1, -0.05) is 112 Å². The van der Waals surface area contributed by atoms with Crippen molar-refractivity contribution in [3.05, 3.63) is 71.8 Å². The van der Waals surface area contributed by atoms with E-state index in [1.165, 1.54) is 54.8 Å². The zero-order chi connectivity index (χ0) is 25.9. The highest BCUT2D eigenvalue weighted by atomic mass is 29.3. The summed E-state index contributed by atoms with van der Waals surface area (Å²) < 4.78 is 0. The highest BCUT2D eigenvalue weighted by molar-refractivity contribution is 7.58. The Hall–Kier alpha value is -1.50. The van der Waals surface area contributed by atoms with Gasteiger partial charge < -0.3 is 4.79 Å². The molecule has 4 aliphatic rings. The van der Waals surface area contributed by atoms with Gasteiger partial charge in [-0.25, -0.2) is 0 Å². The second-order valence-electron chi connectivity index (χ2n) is 14.6. The number of hydrogen-bond donors (Lipinski definition) is 0. The summed E-state index contributed by atoms with van der Waals surface area (Å²) in [5.74, 6) is 2.40. The molecule has 0 aliphatic heterocycles. The lowest BCUT2D eigenvalue weighted by Crippen LogP contribution is -2.68. The second kappa shape index (κ2) is 9.06. The SMILES string of the molecule is C[Si](C)(C)/C(=C(\c1ccccc1)[Si](C)(C(=O)C12CC3CC(CC(C3)C1)C2)[Si](C)(C)C)c1ccccc1. The van der Waals surface area contributed by atoms with Crippen LogP contribution in [0.4, 0.5) is 0 Å². The minimum atomic E-state index is -2.55. The van der Waals surface area contributed by atoms with Gasteiger partial charge in [0.1, 0.15) is 5.41 Å². The standard InChI is InChI=1S/C32H46OSi3/c1-34(2,3)29(27-14-10-8-11-15-27)30(28-16-12-9-13-17-28)36(7,35(4,5)6)31(33)32-21-24-18-25(22-32)20-26(19-24)23-32/h8-17,24-26H,18-23H2,1-7H3/b30-29+. The van der Waals surface area contributed by atoms with Crippen molar-refractivity contribution in [3.8, 4) is 0 Å². The van der Waals surface area contributed by atoms with Crippen LogP contribution in [0, 0.1) is 23.2 Å². The zero-order valence-electron chi connectivity index (χ0n) is 23.7. The third-order valence-electron chi connectivity index (χ3n) is 10.1. The van der Waals surface area contributed by atoms with Gasteiger partial charge in [-0.05, 0) is 72.6 Å². The van der Waals surface area contributed by atoms with Crippen LogP contribution in [-0.2, 0) is 4.79 Å². The topological polar surface area (TPSA) is 17.1 Å². The quantitative estimate of drug-likeness (QED) is 0.258. The molecule has 4 saturated carbocycles. The molecule has 0 saturated heterocycles. The number of hydrogen-bond acceptors (Lipinski definition) is 1. The summed E-state index contributed by atoms with van der Waals surface area (Å²) in [6, 6.07) is 22.3. The van der Waals surface area contributed by atoms with Gasteiger partial charge >= 0.3 is 0 Å². The minimum Gasteiger partial charge on any atom is -0.305 e. The Morgan fingerprint density at radius 1 is 0.639 bits per heavy atom. The van der Waals surface area contributed by atoms with Crippen LogP contribution in [0.25, 0.3) is 10.4 Å². The number of benzene rings is 2. The Labute approximate surface area is 222 Å². The summed E-state index contributed by atoms with van der Waals surface area (Å²) in [4.78, 5) is 15.5. The maximum absolute atomic E-state index is 15.5. The van der Waals surface area contributed by atoms with Crippen molar-refractivity contribution in [2.24, 2.45) is 23.2 Å². The number of rotatable bonds is 7. The van der Waals surface area contributed by atoms with E-state index >= 15 is 4.79 Å². The van der Waals surface area contributed by atoms with E-state index in [2.05, 4.69) is 106 Å². The first-order valence-electron chi connectivity index (χ1n) is 14.3. The molecule has 4 fully saturated rings. The fourth-order valence-electron chi connectivity index (χ4n) is 8.59. The Morgan fingerprint density at radius 2 is 1.03 bits per heavy atom. The number of carbonyl (C=O) groups is 1. The summed E-state index contributed by atoms with van der Waals surface area (Å²) in [6.45, 7) is 17.6. The van der Waals surface area contributed by atoms with E-state index in [4.69, 9.17) is 0 Å². The van der Waals surface area contributed by atoms with Gasteiger partial charge in [-0.3, -0.25) is 0 Å². The molecule has 2 aromatic rings. The molecule has 4 aliphatic carbocycles. The molecular weight excluding hydrogens is 485 g/mol. The first-order valence-corrected chi connectivity index (χ1v) is 24.8. The fourth-order valence-corrected chi connectivity index (χ4v) is 23.1. The highest BCUT2D eigenvalue weighted by Crippen LogP contribution is 2.62. The molecule has 192 valence electrons. The summed E-state index contributed by atoms with van der Waals surface area (Å²) in [5, 5.41) is 3.80. The summed E-state index contributed by atoms with van der Waals surface area (Å²) in [7, 11) is -6.26. The average Bonchev–Trinajstić information content (AvgIpc) is 2.80. The molecule has 6 rings (SSSR count). The maximum atomic E-state index is 15.5. The van der Waals surface area contributed by atoms with Crippen LogP contribution in [0.3, 0.4) is 0 Å². The second-order valence-corrected chi connectivity index (χ2v) is 34.8. The molecule has 4 heteroatoms. The zero-order valence-corrected chi connectivity index (χ0v) is 26.7. The van der Waals surface area contributed by atoms with Gasteiger partial charge in [-0.15, -0.1) is 0 Å². The molecule has 0 radical (unpaired) electrons. The lowest BCUT2D eigenvalue weighted by molar-refractivity contribution is -0.136. The first kappa shape index (κ1) is 26.1. The Kier molecular flexibility index (Phi) is 6.57. The van der Waals surface area contributed by atoms with E-state index in [1.807, 2.05) is 0 Å². The van der Waals surface area contributed by atoms with Crippen LogP contribution in [0.15, 0.2) is 60.7 Å². The van der Waals surface area contributed by atoms with Gasteiger partial charge in [0.25, 0.3) is 0 Å². The van der Waals surface area contributed by atoms with Crippen molar-refractivity contribution < 1.29 is 4.79 Å². The molecule has 1 atom stereocenters. The molecule has 0 spiro atoms. The van der Waals surface area contributed by atoms with Crippen molar-refractivity contribution in [3.63, 3.8) is 0 Å². The molecule has 4 bridgehead atoms. The smallest absolute Gasteiger partial charge is 0.153 e. The molecule has 2 aromatic carbocycles. The Morgan fingerprint density at radius 3 is 1.39 bits per heavy atom. The third-order valence-corrected chi connectivity index (χ3v) is 28.8. The maximum Gasteiger partial charge on any atom is 0.153 e. The van der Waals surface area contributed by atoms with Crippen LogP contribution < -0.4 is 0 Å². The van der Waals surface area contributed by atoms with E-state index in [1.54, 1.807) is 5.20 Å². The van der Waals surface area contributed by atoms with Gasteiger partial charge in [0.2, 0.25) is 0 Å². The van der Waals surface area contributed by atoms with E-state index in [0.29, 0.717) is 0 Å². The number of carbonyl (C=O) groups excluding carboxylic acids is 1. The predicted molar refractivity (Wildman–Crippen MR) is 164 cm³/mol. The van der Waals surface area contributed by atoms with E-state index in [-0.39, 0.29) is 5.41 Å².